The van der Waals surface area contributed by atoms with E-state index in [1.54, 1.807) is 13.0 Å². The lowest BCUT2D eigenvalue weighted by Crippen LogP contribution is -2.34. The molecule has 2 N–H and O–H groups in total. The lowest BCUT2D eigenvalue weighted by Gasteiger charge is -2.11. The van der Waals surface area contributed by atoms with E-state index < -0.39 is 0 Å². The Balaban J connectivity index is 3.50. The van der Waals surface area contributed by atoms with Gasteiger partial charge in [-0.25, -0.2) is 4.79 Å². The number of carbonyl (C=O) groups excluding carboxylic acids is 2. The molecule has 18 heavy (non-hydrogen) atoms. The fraction of sp³-hybridized carbons (Fsp3) is 0.692. The summed E-state index contributed by atoms with van der Waals surface area (Å²) in [5.74, 6) is -0.292. The van der Waals surface area contributed by atoms with Gasteiger partial charge in [0.25, 0.3) is 0 Å². The van der Waals surface area contributed by atoms with Crippen LogP contribution in [0.2, 0.25) is 0 Å². The van der Waals surface area contributed by atoms with Gasteiger partial charge in [-0.3, -0.25) is 4.79 Å². The van der Waals surface area contributed by atoms with Crippen LogP contribution in [0, 0.1) is 0 Å². The monoisotopic (exact) mass is 256 g/mol. The van der Waals surface area contributed by atoms with Gasteiger partial charge in [0, 0.05) is 31.6 Å². The summed E-state index contributed by atoms with van der Waals surface area (Å²) in [6, 6.07) is 0.223. The summed E-state index contributed by atoms with van der Waals surface area (Å²) in [4.78, 5) is 22.3. The molecule has 0 bridgehead atoms. The van der Waals surface area contributed by atoms with Gasteiger partial charge < -0.3 is 15.4 Å². The first-order valence-electron chi connectivity index (χ1n) is 6.43. The van der Waals surface area contributed by atoms with Gasteiger partial charge in [-0.15, -0.1) is 0 Å². The SMILES string of the molecule is CCOC(=O)/C=C/CNCCC(=O)NC(C)CC. The predicted octanol–water partition coefficient (Wildman–Crippen LogP) is 1.00. The van der Waals surface area contributed by atoms with E-state index in [4.69, 9.17) is 4.74 Å². The molecule has 0 rings (SSSR count). The van der Waals surface area contributed by atoms with E-state index in [1.165, 1.54) is 6.08 Å². The Morgan fingerprint density at radius 1 is 1.33 bits per heavy atom. The second kappa shape index (κ2) is 10.8. The van der Waals surface area contributed by atoms with Crippen molar-refractivity contribution in [1.29, 1.82) is 0 Å². The van der Waals surface area contributed by atoms with Gasteiger partial charge in [0.05, 0.1) is 6.61 Å². The van der Waals surface area contributed by atoms with Crippen LogP contribution in [0.4, 0.5) is 0 Å². The standard InChI is InChI=1S/C13H24N2O3/c1-4-11(3)15-12(16)8-10-14-9-6-7-13(17)18-5-2/h6-7,11,14H,4-5,8-10H2,1-3H3,(H,15,16)/b7-6+. The Morgan fingerprint density at radius 2 is 2.06 bits per heavy atom. The van der Waals surface area contributed by atoms with Crippen molar-refractivity contribution in [2.45, 2.75) is 39.7 Å². The van der Waals surface area contributed by atoms with Crippen molar-refractivity contribution < 1.29 is 14.3 Å². The summed E-state index contributed by atoms with van der Waals surface area (Å²) in [5.41, 5.74) is 0. The summed E-state index contributed by atoms with van der Waals surface area (Å²) in [6.07, 6.45) is 4.44. The third-order valence-electron chi connectivity index (χ3n) is 2.35. The summed E-state index contributed by atoms with van der Waals surface area (Å²) < 4.78 is 4.73. The van der Waals surface area contributed by atoms with Crippen molar-refractivity contribution in [1.82, 2.24) is 10.6 Å². The minimum absolute atomic E-state index is 0.0474. The molecule has 0 aromatic heterocycles. The van der Waals surface area contributed by atoms with Crippen molar-refractivity contribution in [2.75, 3.05) is 19.7 Å². The normalized spacial score (nSPS) is 12.4. The summed E-state index contributed by atoms with van der Waals surface area (Å²) in [7, 11) is 0. The predicted molar refractivity (Wildman–Crippen MR) is 71.2 cm³/mol. The lowest BCUT2D eigenvalue weighted by molar-refractivity contribution is -0.137. The lowest BCUT2D eigenvalue weighted by atomic mass is 10.2. The minimum atomic E-state index is -0.339. The first-order valence-corrected chi connectivity index (χ1v) is 6.43. The van der Waals surface area contributed by atoms with Crippen LogP contribution in [0.3, 0.4) is 0 Å². The van der Waals surface area contributed by atoms with Crippen LogP contribution in [0.15, 0.2) is 12.2 Å². The van der Waals surface area contributed by atoms with E-state index in [0.29, 0.717) is 26.1 Å². The fourth-order valence-electron chi connectivity index (χ4n) is 1.18. The minimum Gasteiger partial charge on any atom is -0.463 e. The Morgan fingerprint density at radius 3 is 2.67 bits per heavy atom. The highest BCUT2D eigenvalue weighted by molar-refractivity contribution is 5.81. The molecule has 5 heteroatoms. The second-order valence-corrected chi connectivity index (χ2v) is 3.99. The van der Waals surface area contributed by atoms with Crippen molar-refractivity contribution in [3.8, 4) is 0 Å². The largest absolute Gasteiger partial charge is 0.463 e. The molecule has 104 valence electrons. The second-order valence-electron chi connectivity index (χ2n) is 3.99. The maximum atomic E-state index is 11.4. The highest BCUT2D eigenvalue weighted by Gasteiger charge is 2.03. The van der Waals surface area contributed by atoms with Crippen LogP contribution >= 0.6 is 0 Å². The fourth-order valence-corrected chi connectivity index (χ4v) is 1.18. The molecule has 0 radical (unpaired) electrons. The van der Waals surface area contributed by atoms with Crippen molar-refractivity contribution >= 4 is 11.9 Å². The molecule has 0 aliphatic heterocycles. The molecule has 0 heterocycles. The average molecular weight is 256 g/mol. The topological polar surface area (TPSA) is 67.4 Å². The molecule has 0 saturated heterocycles. The zero-order valence-corrected chi connectivity index (χ0v) is 11.5. The van der Waals surface area contributed by atoms with Crippen LogP contribution in [0.25, 0.3) is 0 Å². The Labute approximate surface area is 109 Å². The third kappa shape index (κ3) is 9.84. The molecule has 1 atom stereocenters. The molecule has 0 aliphatic carbocycles. The third-order valence-corrected chi connectivity index (χ3v) is 2.35. The van der Waals surface area contributed by atoms with Crippen LogP contribution in [-0.2, 0) is 14.3 Å². The van der Waals surface area contributed by atoms with E-state index in [0.717, 1.165) is 6.42 Å². The van der Waals surface area contributed by atoms with Crippen LogP contribution in [-0.4, -0.2) is 37.6 Å². The maximum absolute atomic E-state index is 11.4. The smallest absolute Gasteiger partial charge is 0.330 e. The number of esters is 1. The molecule has 1 amide bonds. The van der Waals surface area contributed by atoms with Crippen molar-refractivity contribution in [3.05, 3.63) is 12.2 Å². The van der Waals surface area contributed by atoms with Gasteiger partial charge in [0.2, 0.25) is 5.91 Å². The molecule has 0 aliphatic rings. The van der Waals surface area contributed by atoms with Crippen molar-refractivity contribution in [2.24, 2.45) is 0 Å². The zero-order chi connectivity index (χ0) is 13.8. The molecule has 0 aromatic carbocycles. The number of ether oxygens (including phenoxy) is 1. The Kier molecular flexibility index (Phi) is 9.96. The number of carbonyl (C=O) groups is 2. The maximum Gasteiger partial charge on any atom is 0.330 e. The van der Waals surface area contributed by atoms with Crippen LogP contribution in [0.1, 0.15) is 33.6 Å². The molecular formula is C13H24N2O3. The molecular weight excluding hydrogens is 232 g/mol. The van der Waals surface area contributed by atoms with Crippen LogP contribution in [0.5, 0.6) is 0 Å². The van der Waals surface area contributed by atoms with Gasteiger partial charge in [-0.2, -0.15) is 0 Å². The Bertz CT molecular complexity index is 277. The van der Waals surface area contributed by atoms with E-state index in [2.05, 4.69) is 10.6 Å². The van der Waals surface area contributed by atoms with Gasteiger partial charge in [0.1, 0.15) is 0 Å². The quantitative estimate of drug-likeness (QED) is 0.367. The zero-order valence-electron chi connectivity index (χ0n) is 11.5. The number of amides is 1. The van der Waals surface area contributed by atoms with Gasteiger partial charge in [-0.05, 0) is 20.3 Å². The van der Waals surface area contributed by atoms with Gasteiger partial charge >= 0.3 is 5.97 Å². The van der Waals surface area contributed by atoms with Gasteiger partial charge in [-0.1, -0.05) is 13.0 Å². The summed E-state index contributed by atoms with van der Waals surface area (Å²) in [5, 5.41) is 5.93. The highest BCUT2D eigenvalue weighted by atomic mass is 16.5. The number of hydrogen-bond acceptors (Lipinski definition) is 4. The van der Waals surface area contributed by atoms with Gasteiger partial charge in [0.15, 0.2) is 0 Å². The first-order chi connectivity index (χ1) is 8.60. The van der Waals surface area contributed by atoms with E-state index >= 15 is 0 Å². The molecule has 1 unspecified atom stereocenters. The number of rotatable bonds is 9. The van der Waals surface area contributed by atoms with E-state index in [-0.39, 0.29) is 17.9 Å². The molecule has 5 nitrogen and oxygen atoms in total. The molecule has 0 fully saturated rings. The van der Waals surface area contributed by atoms with Crippen LogP contribution < -0.4 is 10.6 Å². The van der Waals surface area contributed by atoms with E-state index in [1.807, 2.05) is 13.8 Å². The summed E-state index contributed by atoms with van der Waals surface area (Å²) in [6.45, 7) is 7.30. The van der Waals surface area contributed by atoms with E-state index in [9.17, 15) is 9.59 Å². The highest BCUT2D eigenvalue weighted by Crippen LogP contribution is 1.89. The first kappa shape index (κ1) is 16.6. The molecule has 0 saturated carbocycles. The molecule has 0 spiro atoms. The Hall–Kier alpha value is -1.36. The number of nitrogens with one attached hydrogen (secondary N) is 2. The molecule has 0 aromatic rings. The van der Waals surface area contributed by atoms with Crippen molar-refractivity contribution in [3.63, 3.8) is 0 Å². The average Bonchev–Trinajstić information content (AvgIpc) is 2.33. The summed E-state index contributed by atoms with van der Waals surface area (Å²) >= 11 is 0. The number of hydrogen-bond donors (Lipinski definition) is 2.